The largest absolute Gasteiger partial charge is 0.456 e. The molecule has 0 radical (unpaired) electrons. The summed E-state index contributed by atoms with van der Waals surface area (Å²) >= 11 is 0. The Bertz CT molecular complexity index is 3170. The summed E-state index contributed by atoms with van der Waals surface area (Å²) in [5.41, 5.74) is 12.3. The molecule has 3 heterocycles. The van der Waals surface area contributed by atoms with Gasteiger partial charge in [-0.2, -0.15) is 0 Å². The molecule has 0 fully saturated rings. The van der Waals surface area contributed by atoms with Gasteiger partial charge in [-0.25, -0.2) is 9.97 Å². The van der Waals surface area contributed by atoms with E-state index in [0.717, 1.165) is 66.7 Å². The van der Waals surface area contributed by atoms with Crippen molar-refractivity contribution in [3.63, 3.8) is 0 Å². The highest BCUT2D eigenvalue weighted by molar-refractivity contribution is 6.10. The van der Waals surface area contributed by atoms with Gasteiger partial charge in [-0.15, -0.1) is 0 Å². The van der Waals surface area contributed by atoms with Gasteiger partial charge in [-0.3, -0.25) is 0 Å². The Hall–Kier alpha value is -7.30. The van der Waals surface area contributed by atoms with Gasteiger partial charge in [0.05, 0.1) is 22.4 Å². The van der Waals surface area contributed by atoms with Crippen LogP contribution in [0.15, 0.2) is 192 Å². The number of hydrogen-bond donors (Lipinski definition) is 0. The summed E-state index contributed by atoms with van der Waals surface area (Å²) in [6, 6.07) is 66.2. The molecule has 3 aromatic heterocycles. The molecule has 8 aromatic carbocycles. The molecule has 0 saturated carbocycles. The normalized spacial score (nSPS) is 11.7. The lowest BCUT2D eigenvalue weighted by atomic mass is 9.93. The minimum Gasteiger partial charge on any atom is -0.456 e. The highest BCUT2D eigenvalue weighted by atomic mass is 16.3. The molecule has 0 bridgehead atoms. The number of fused-ring (bicyclic) bond motifs is 7. The van der Waals surface area contributed by atoms with E-state index in [1.165, 1.54) is 32.8 Å². The Kier molecular flexibility index (Phi) is 6.82. The minimum absolute atomic E-state index is 0.680. The minimum atomic E-state index is 0.680. The van der Waals surface area contributed by atoms with Crippen LogP contribution in [0.1, 0.15) is 0 Å². The third-order valence-corrected chi connectivity index (χ3v) is 10.6. The van der Waals surface area contributed by atoms with E-state index in [-0.39, 0.29) is 0 Å². The summed E-state index contributed by atoms with van der Waals surface area (Å²) in [6.07, 6.45) is 0. The van der Waals surface area contributed by atoms with Crippen LogP contribution in [0.25, 0.3) is 105 Å². The van der Waals surface area contributed by atoms with E-state index in [2.05, 4.69) is 156 Å². The van der Waals surface area contributed by atoms with Gasteiger partial charge in [0, 0.05) is 43.9 Å². The summed E-state index contributed by atoms with van der Waals surface area (Å²) in [7, 11) is 0. The standard InChI is InChI=1S/C50H31N3O/c1-2-13-32(14-3-1)50-51-44(34-25-26-43-42-21-8-11-24-48(42)54-49(43)30-34)31-45(52-50)39-28-27-36(37-17-4-5-18-38(37)39)33-15-12-16-35(29-33)53-46-22-9-6-19-40(46)41-20-7-10-23-47(41)53/h1-31H. The molecule has 0 spiro atoms. The Balaban J connectivity index is 1.07. The second kappa shape index (κ2) is 12.1. The lowest BCUT2D eigenvalue weighted by molar-refractivity contribution is 0.669. The van der Waals surface area contributed by atoms with E-state index < -0.39 is 0 Å². The molecule has 0 amide bonds. The zero-order chi connectivity index (χ0) is 35.6. The molecule has 0 aliphatic heterocycles. The van der Waals surface area contributed by atoms with Crippen molar-refractivity contribution < 1.29 is 4.42 Å². The summed E-state index contributed by atoms with van der Waals surface area (Å²) in [5.74, 6) is 0.680. The highest BCUT2D eigenvalue weighted by Crippen LogP contribution is 2.39. The van der Waals surface area contributed by atoms with Gasteiger partial charge >= 0.3 is 0 Å². The van der Waals surface area contributed by atoms with Gasteiger partial charge < -0.3 is 8.98 Å². The van der Waals surface area contributed by atoms with Crippen LogP contribution in [-0.4, -0.2) is 14.5 Å². The van der Waals surface area contributed by atoms with Gasteiger partial charge in [0.25, 0.3) is 0 Å². The van der Waals surface area contributed by atoms with Gasteiger partial charge in [0.15, 0.2) is 5.82 Å². The molecule has 54 heavy (non-hydrogen) atoms. The molecule has 0 aliphatic carbocycles. The first-order valence-corrected chi connectivity index (χ1v) is 18.2. The fourth-order valence-electron chi connectivity index (χ4n) is 8.12. The fourth-order valence-corrected chi connectivity index (χ4v) is 8.12. The highest BCUT2D eigenvalue weighted by Gasteiger charge is 2.17. The Morgan fingerprint density at radius 2 is 0.944 bits per heavy atom. The van der Waals surface area contributed by atoms with Crippen LogP contribution in [-0.2, 0) is 0 Å². The van der Waals surface area contributed by atoms with Crippen LogP contribution in [0.2, 0.25) is 0 Å². The van der Waals surface area contributed by atoms with Crippen molar-refractivity contribution in [2.24, 2.45) is 0 Å². The van der Waals surface area contributed by atoms with Crippen molar-refractivity contribution in [3.05, 3.63) is 188 Å². The summed E-state index contributed by atoms with van der Waals surface area (Å²) in [6.45, 7) is 0. The molecule has 0 atom stereocenters. The number of benzene rings is 8. The molecule has 0 N–H and O–H groups in total. The monoisotopic (exact) mass is 689 g/mol. The van der Waals surface area contributed by atoms with Gasteiger partial charge in [-0.05, 0) is 70.4 Å². The molecular weight excluding hydrogens is 659 g/mol. The maximum atomic E-state index is 6.29. The van der Waals surface area contributed by atoms with Crippen molar-refractivity contribution >= 4 is 54.5 Å². The van der Waals surface area contributed by atoms with Crippen LogP contribution in [0, 0.1) is 0 Å². The summed E-state index contributed by atoms with van der Waals surface area (Å²) < 4.78 is 8.66. The summed E-state index contributed by atoms with van der Waals surface area (Å²) in [4.78, 5) is 10.3. The van der Waals surface area contributed by atoms with E-state index in [9.17, 15) is 0 Å². The van der Waals surface area contributed by atoms with E-state index >= 15 is 0 Å². The molecule has 0 saturated heterocycles. The average molecular weight is 690 g/mol. The quantitative estimate of drug-likeness (QED) is 0.181. The van der Waals surface area contributed by atoms with Gasteiger partial charge in [0.1, 0.15) is 11.2 Å². The molecule has 0 unspecified atom stereocenters. The Labute approximate surface area is 311 Å². The predicted molar refractivity (Wildman–Crippen MR) is 223 cm³/mol. The number of rotatable bonds is 5. The first-order chi connectivity index (χ1) is 26.8. The smallest absolute Gasteiger partial charge is 0.160 e. The van der Waals surface area contributed by atoms with Crippen LogP contribution < -0.4 is 0 Å². The molecule has 4 nitrogen and oxygen atoms in total. The second-order valence-electron chi connectivity index (χ2n) is 13.8. The van der Waals surface area contributed by atoms with Crippen molar-refractivity contribution in [3.8, 4) is 50.7 Å². The van der Waals surface area contributed by atoms with Crippen LogP contribution in [0.4, 0.5) is 0 Å². The Morgan fingerprint density at radius 3 is 1.72 bits per heavy atom. The van der Waals surface area contributed by atoms with Crippen molar-refractivity contribution in [2.45, 2.75) is 0 Å². The average Bonchev–Trinajstić information content (AvgIpc) is 3.79. The molecule has 11 rings (SSSR count). The van der Waals surface area contributed by atoms with E-state index in [1.54, 1.807) is 0 Å². The first-order valence-electron chi connectivity index (χ1n) is 18.2. The number of para-hydroxylation sites is 3. The molecule has 0 aliphatic rings. The molecule has 4 heteroatoms. The van der Waals surface area contributed by atoms with E-state index in [4.69, 9.17) is 14.4 Å². The SMILES string of the molecule is c1ccc(-c2nc(-c3ccc4c(c3)oc3ccccc34)cc(-c3ccc(-c4cccc(-n5c6ccccc6c6ccccc65)c4)c4ccccc34)n2)cc1. The number of nitrogens with zero attached hydrogens (tertiary/aromatic N) is 3. The van der Waals surface area contributed by atoms with Crippen molar-refractivity contribution in [2.75, 3.05) is 0 Å². The lowest BCUT2D eigenvalue weighted by Gasteiger charge is -2.15. The van der Waals surface area contributed by atoms with Crippen LogP contribution >= 0.6 is 0 Å². The maximum Gasteiger partial charge on any atom is 0.160 e. The molecular formula is C50H31N3O. The van der Waals surface area contributed by atoms with Gasteiger partial charge in [0.2, 0.25) is 0 Å². The maximum absolute atomic E-state index is 6.29. The fraction of sp³-hybridized carbons (Fsp3) is 0. The molecule has 252 valence electrons. The second-order valence-corrected chi connectivity index (χ2v) is 13.8. The zero-order valence-electron chi connectivity index (χ0n) is 29.1. The topological polar surface area (TPSA) is 43.9 Å². The Morgan fingerprint density at radius 1 is 0.352 bits per heavy atom. The summed E-state index contributed by atoms with van der Waals surface area (Å²) in [5, 5.41) is 7.01. The van der Waals surface area contributed by atoms with E-state index in [0.29, 0.717) is 5.82 Å². The lowest BCUT2D eigenvalue weighted by Crippen LogP contribution is -1.97. The van der Waals surface area contributed by atoms with Crippen molar-refractivity contribution in [1.29, 1.82) is 0 Å². The first kappa shape index (κ1) is 30.3. The number of furan rings is 1. The number of hydrogen-bond acceptors (Lipinski definition) is 3. The zero-order valence-corrected chi connectivity index (χ0v) is 29.1. The van der Waals surface area contributed by atoms with E-state index in [1.807, 2.05) is 36.4 Å². The molecule has 11 aromatic rings. The predicted octanol–water partition coefficient (Wildman–Crippen LogP) is 13.3. The van der Waals surface area contributed by atoms with Crippen molar-refractivity contribution in [1.82, 2.24) is 14.5 Å². The third-order valence-electron chi connectivity index (χ3n) is 10.6. The van der Waals surface area contributed by atoms with Crippen LogP contribution in [0.3, 0.4) is 0 Å². The number of aromatic nitrogens is 3. The van der Waals surface area contributed by atoms with Crippen LogP contribution in [0.5, 0.6) is 0 Å². The third kappa shape index (κ3) is 4.85. The van der Waals surface area contributed by atoms with Gasteiger partial charge in [-0.1, -0.05) is 140 Å².